The van der Waals surface area contributed by atoms with Crippen molar-refractivity contribution in [2.24, 2.45) is 0 Å². The van der Waals surface area contributed by atoms with E-state index in [0.717, 1.165) is 5.56 Å². The summed E-state index contributed by atoms with van der Waals surface area (Å²) in [5.74, 6) is -0.598. The molecule has 0 aliphatic rings. The predicted molar refractivity (Wildman–Crippen MR) is 54.9 cm³/mol. The van der Waals surface area contributed by atoms with Crippen molar-refractivity contribution in [3.8, 4) is 0 Å². The summed E-state index contributed by atoms with van der Waals surface area (Å²) in [6.07, 6.45) is 0.188. The number of esters is 1. The molecule has 1 aromatic rings. The van der Waals surface area contributed by atoms with E-state index in [1.165, 1.54) is 12.1 Å². The summed E-state index contributed by atoms with van der Waals surface area (Å²) in [5.41, 5.74) is 0.756. The van der Waals surface area contributed by atoms with Crippen molar-refractivity contribution in [1.82, 2.24) is 0 Å². The van der Waals surface area contributed by atoms with Crippen molar-refractivity contribution in [2.75, 3.05) is 11.9 Å². The minimum atomic E-state index is -0.303. The van der Waals surface area contributed by atoms with Crippen molar-refractivity contribution >= 4 is 21.9 Å². The van der Waals surface area contributed by atoms with Crippen molar-refractivity contribution in [2.45, 2.75) is 6.42 Å². The zero-order valence-electron chi connectivity index (χ0n) is 7.50. The monoisotopic (exact) mass is 260 g/mol. The lowest BCUT2D eigenvalue weighted by atomic mass is 10.1. The van der Waals surface area contributed by atoms with Crippen LogP contribution in [0.2, 0.25) is 0 Å². The Bertz CT molecular complexity index is 297. The fourth-order valence-corrected chi connectivity index (χ4v) is 1.13. The lowest BCUT2D eigenvalue weighted by Gasteiger charge is -2.02. The maximum Gasteiger partial charge on any atom is 0.310 e. The van der Waals surface area contributed by atoms with Crippen LogP contribution < -0.4 is 0 Å². The van der Waals surface area contributed by atoms with Crippen LogP contribution in [-0.2, 0) is 16.0 Å². The first kappa shape index (κ1) is 11.2. The second-order valence-electron chi connectivity index (χ2n) is 2.71. The molecule has 0 amide bonds. The van der Waals surface area contributed by atoms with Crippen LogP contribution >= 0.6 is 15.9 Å². The summed E-state index contributed by atoms with van der Waals surface area (Å²) in [7, 11) is 0. The average Bonchev–Trinajstić information content (AvgIpc) is 2.18. The molecule has 0 heterocycles. The van der Waals surface area contributed by atoms with E-state index >= 15 is 0 Å². The van der Waals surface area contributed by atoms with Gasteiger partial charge in [-0.15, -0.1) is 0 Å². The normalized spacial score (nSPS) is 9.86. The first-order valence-corrected chi connectivity index (χ1v) is 5.30. The number of benzene rings is 1. The quantitative estimate of drug-likeness (QED) is 0.614. The molecule has 0 aromatic heterocycles. The minimum Gasteiger partial charge on any atom is -0.465 e. The lowest BCUT2D eigenvalue weighted by molar-refractivity contribution is -0.142. The third kappa shape index (κ3) is 3.87. The van der Waals surface area contributed by atoms with Crippen LogP contribution in [0, 0.1) is 5.82 Å². The van der Waals surface area contributed by atoms with Gasteiger partial charge in [0.05, 0.1) is 6.42 Å². The zero-order valence-corrected chi connectivity index (χ0v) is 9.09. The second-order valence-corrected chi connectivity index (χ2v) is 3.51. The molecule has 14 heavy (non-hydrogen) atoms. The summed E-state index contributed by atoms with van der Waals surface area (Å²) in [4.78, 5) is 11.1. The Labute approximate surface area is 90.2 Å². The highest BCUT2D eigenvalue weighted by atomic mass is 79.9. The van der Waals surface area contributed by atoms with E-state index in [0.29, 0.717) is 11.9 Å². The van der Waals surface area contributed by atoms with Crippen molar-refractivity contribution in [3.05, 3.63) is 35.6 Å². The molecular formula is C10H10BrFO2. The molecule has 0 N–H and O–H groups in total. The summed E-state index contributed by atoms with van der Waals surface area (Å²) in [6, 6.07) is 5.80. The van der Waals surface area contributed by atoms with Gasteiger partial charge in [-0.2, -0.15) is 0 Å². The van der Waals surface area contributed by atoms with E-state index in [4.69, 9.17) is 4.74 Å². The van der Waals surface area contributed by atoms with Gasteiger partial charge in [-0.1, -0.05) is 28.1 Å². The highest BCUT2D eigenvalue weighted by molar-refractivity contribution is 9.09. The third-order valence-electron chi connectivity index (χ3n) is 1.60. The molecule has 0 unspecified atom stereocenters. The number of ether oxygens (including phenoxy) is 1. The molecule has 0 aliphatic carbocycles. The van der Waals surface area contributed by atoms with Gasteiger partial charge in [0, 0.05) is 5.33 Å². The van der Waals surface area contributed by atoms with Crippen LogP contribution in [0.4, 0.5) is 4.39 Å². The molecule has 1 rings (SSSR count). The molecule has 0 radical (unpaired) electrons. The molecule has 1 aromatic carbocycles. The van der Waals surface area contributed by atoms with Gasteiger partial charge in [0.2, 0.25) is 0 Å². The number of hydrogen-bond donors (Lipinski definition) is 0. The van der Waals surface area contributed by atoms with Crippen LogP contribution in [0.5, 0.6) is 0 Å². The number of halogens is 2. The Hall–Kier alpha value is -0.900. The molecule has 0 spiro atoms. The maximum absolute atomic E-state index is 12.5. The van der Waals surface area contributed by atoms with Gasteiger partial charge < -0.3 is 4.74 Å². The van der Waals surface area contributed by atoms with Crippen molar-refractivity contribution in [3.63, 3.8) is 0 Å². The van der Waals surface area contributed by atoms with Crippen LogP contribution in [-0.4, -0.2) is 17.9 Å². The molecule has 0 aliphatic heterocycles. The van der Waals surface area contributed by atoms with Crippen molar-refractivity contribution in [1.29, 1.82) is 0 Å². The van der Waals surface area contributed by atoms with Gasteiger partial charge in [-0.3, -0.25) is 4.79 Å². The molecule has 0 atom stereocenters. The Morgan fingerprint density at radius 2 is 2.00 bits per heavy atom. The topological polar surface area (TPSA) is 26.3 Å². The molecule has 2 nitrogen and oxygen atoms in total. The highest BCUT2D eigenvalue weighted by Gasteiger charge is 2.03. The van der Waals surface area contributed by atoms with E-state index < -0.39 is 0 Å². The molecule has 4 heteroatoms. The smallest absolute Gasteiger partial charge is 0.310 e. The average molecular weight is 261 g/mol. The molecule has 0 saturated carbocycles. The minimum absolute atomic E-state index is 0.188. The molecule has 0 fully saturated rings. The van der Waals surface area contributed by atoms with Crippen molar-refractivity contribution < 1.29 is 13.9 Å². The predicted octanol–water partition coefficient (Wildman–Crippen LogP) is 2.31. The van der Waals surface area contributed by atoms with Crippen LogP contribution in [0.3, 0.4) is 0 Å². The van der Waals surface area contributed by atoms with E-state index in [-0.39, 0.29) is 18.2 Å². The molecule has 0 bridgehead atoms. The van der Waals surface area contributed by atoms with Crippen LogP contribution in [0.1, 0.15) is 5.56 Å². The van der Waals surface area contributed by atoms with Gasteiger partial charge in [0.1, 0.15) is 12.4 Å². The van der Waals surface area contributed by atoms with Gasteiger partial charge in [0.25, 0.3) is 0 Å². The van der Waals surface area contributed by atoms with Crippen LogP contribution in [0.15, 0.2) is 24.3 Å². The number of alkyl halides is 1. The number of carbonyl (C=O) groups excluding carboxylic acids is 1. The maximum atomic E-state index is 12.5. The fraction of sp³-hybridized carbons (Fsp3) is 0.300. The standard InChI is InChI=1S/C10H10BrFO2/c11-5-6-14-10(13)7-8-1-3-9(12)4-2-8/h1-4H,5-7H2. The fourth-order valence-electron chi connectivity index (χ4n) is 0.972. The number of hydrogen-bond acceptors (Lipinski definition) is 2. The van der Waals surface area contributed by atoms with E-state index in [1.807, 2.05) is 0 Å². The molecule has 76 valence electrons. The van der Waals surface area contributed by atoms with Gasteiger partial charge in [-0.05, 0) is 17.7 Å². The largest absolute Gasteiger partial charge is 0.465 e. The Kier molecular flexibility index (Phi) is 4.59. The SMILES string of the molecule is O=C(Cc1ccc(F)cc1)OCCBr. The first-order valence-electron chi connectivity index (χ1n) is 4.18. The summed E-state index contributed by atoms with van der Waals surface area (Å²) < 4.78 is 17.4. The van der Waals surface area contributed by atoms with E-state index in [9.17, 15) is 9.18 Å². The Morgan fingerprint density at radius 3 is 2.57 bits per heavy atom. The number of carbonyl (C=O) groups is 1. The van der Waals surface area contributed by atoms with Crippen LogP contribution in [0.25, 0.3) is 0 Å². The first-order chi connectivity index (χ1) is 6.72. The Balaban J connectivity index is 2.44. The van der Waals surface area contributed by atoms with E-state index in [1.54, 1.807) is 12.1 Å². The molecule has 0 saturated heterocycles. The third-order valence-corrected chi connectivity index (χ3v) is 1.93. The molecular weight excluding hydrogens is 251 g/mol. The second kappa shape index (κ2) is 5.75. The van der Waals surface area contributed by atoms with Gasteiger partial charge in [0.15, 0.2) is 0 Å². The van der Waals surface area contributed by atoms with Gasteiger partial charge in [-0.25, -0.2) is 4.39 Å². The summed E-state index contributed by atoms with van der Waals surface area (Å²) in [5, 5.41) is 0.627. The summed E-state index contributed by atoms with van der Waals surface area (Å²) in [6.45, 7) is 0.361. The van der Waals surface area contributed by atoms with E-state index in [2.05, 4.69) is 15.9 Å². The number of rotatable bonds is 4. The summed E-state index contributed by atoms with van der Waals surface area (Å²) >= 11 is 3.15. The highest BCUT2D eigenvalue weighted by Crippen LogP contribution is 2.04. The van der Waals surface area contributed by atoms with Gasteiger partial charge >= 0.3 is 5.97 Å². The Morgan fingerprint density at radius 1 is 1.36 bits per heavy atom. The lowest BCUT2D eigenvalue weighted by Crippen LogP contribution is -2.09. The zero-order chi connectivity index (χ0) is 10.4.